The molecular weight excluding hydrogens is 496 g/mol. The molecule has 4 heterocycles. The molecule has 3 saturated heterocycles. The minimum absolute atomic E-state index is 0.148. The Hall–Kier alpha value is -3.71. The topological polar surface area (TPSA) is 129 Å². The van der Waals surface area contributed by atoms with Crippen molar-refractivity contribution >= 4 is 23.5 Å². The molecule has 0 N–H and O–H groups in total. The highest BCUT2D eigenvalue weighted by molar-refractivity contribution is 6.25. The number of carbonyl (C=O) groups is 3. The lowest BCUT2D eigenvalue weighted by Crippen LogP contribution is -2.68. The zero-order valence-electron chi connectivity index (χ0n) is 20.7. The first-order valence-electron chi connectivity index (χ1n) is 12.3. The van der Waals surface area contributed by atoms with E-state index in [-0.39, 0.29) is 6.61 Å². The number of anilines is 1. The van der Waals surface area contributed by atoms with Crippen molar-refractivity contribution in [2.75, 3.05) is 18.6 Å². The number of esters is 1. The molecule has 38 heavy (non-hydrogen) atoms. The monoisotopic (exact) mass is 522 g/mol. The number of hydrogen-bond acceptors (Lipinski definition) is 11. The van der Waals surface area contributed by atoms with Gasteiger partial charge in [0.05, 0.1) is 12.3 Å². The van der Waals surface area contributed by atoms with Crippen molar-refractivity contribution in [1.82, 2.24) is 5.01 Å². The predicted octanol–water partition coefficient (Wildman–Crippen LogP) is 1.77. The molecule has 12 heteroatoms. The minimum Gasteiger partial charge on any atom is -0.455 e. The van der Waals surface area contributed by atoms with Gasteiger partial charge in [0.1, 0.15) is 18.2 Å². The summed E-state index contributed by atoms with van der Waals surface area (Å²) in [5, 5.41) is 9.84. The van der Waals surface area contributed by atoms with E-state index in [1.807, 2.05) is 30.3 Å². The van der Waals surface area contributed by atoms with Gasteiger partial charge in [-0.1, -0.05) is 53.8 Å². The van der Waals surface area contributed by atoms with Crippen molar-refractivity contribution in [1.29, 1.82) is 0 Å². The van der Waals surface area contributed by atoms with Crippen LogP contribution in [0.4, 0.5) is 5.69 Å². The van der Waals surface area contributed by atoms with Crippen LogP contribution in [-0.2, 0) is 38.1 Å². The molecule has 0 aliphatic carbocycles. The molecule has 0 spiro atoms. The van der Waals surface area contributed by atoms with Crippen LogP contribution < -0.4 is 4.90 Å². The second-order valence-electron chi connectivity index (χ2n) is 9.34. The Morgan fingerprint density at radius 3 is 2.39 bits per heavy atom. The summed E-state index contributed by atoms with van der Waals surface area (Å²) >= 11 is 0. The molecule has 2 amide bonds. The summed E-state index contributed by atoms with van der Waals surface area (Å²) in [5.41, 5.74) is 1.22. The molecule has 198 valence electrons. The summed E-state index contributed by atoms with van der Waals surface area (Å²) < 4.78 is 29.6. The molecule has 2 aromatic carbocycles. The highest BCUT2D eigenvalue weighted by Gasteiger charge is 2.62. The quantitative estimate of drug-likeness (QED) is 0.426. The summed E-state index contributed by atoms with van der Waals surface area (Å²) in [6.07, 6.45) is -4.19. The largest absolute Gasteiger partial charge is 0.455 e. The van der Waals surface area contributed by atoms with Gasteiger partial charge in [-0.3, -0.25) is 19.4 Å². The van der Waals surface area contributed by atoms with E-state index >= 15 is 0 Å². The fraction of sp³-hybridized carbons (Fsp3) is 0.423. The van der Waals surface area contributed by atoms with Crippen molar-refractivity contribution in [3.63, 3.8) is 0 Å². The van der Waals surface area contributed by atoms with Gasteiger partial charge in [-0.25, -0.2) is 4.90 Å². The van der Waals surface area contributed by atoms with Crippen molar-refractivity contribution in [3.8, 4) is 0 Å². The Balaban J connectivity index is 1.37. The van der Waals surface area contributed by atoms with Gasteiger partial charge >= 0.3 is 5.97 Å². The Labute approximate surface area is 218 Å². The molecule has 12 nitrogen and oxygen atoms in total. The predicted molar refractivity (Wildman–Crippen MR) is 128 cm³/mol. The van der Waals surface area contributed by atoms with E-state index in [1.54, 1.807) is 30.3 Å². The maximum absolute atomic E-state index is 13.7. The lowest BCUT2D eigenvalue weighted by atomic mass is 9.92. The number of para-hydroxylation sites is 1. The van der Waals surface area contributed by atoms with Gasteiger partial charge in [0.15, 0.2) is 30.8 Å². The molecule has 2 aromatic rings. The lowest BCUT2D eigenvalue weighted by molar-refractivity contribution is -0.351. The second-order valence-corrected chi connectivity index (χ2v) is 9.34. The number of methoxy groups -OCH3 is 1. The molecule has 0 radical (unpaired) electrons. The highest BCUT2D eigenvalue weighted by atomic mass is 16.8. The fourth-order valence-corrected chi connectivity index (χ4v) is 5.42. The van der Waals surface area contributed by atoms with Crippen molar-refractivity contribution in [2.24, 2.45) is 10.3 Å². The van der Waals surface area contributed by atoms with E-state index in [9.17, 15) is 14.4 Å². The molecule has 6 rings (SSSR count). The van der Waals surface area contributed by atoms with Crippen LogP contribution in [-0.4, -0.2) is 79.2 Å². The van der Waals surface area contributed by atoms with Gasteiger partial charge in [-0.15, -0.1) is 0 Å². The zero-order valence-corrected chi connectivity index (χ0v) is 20.7. The number of ether oxygens (including phenoxy) is 5. The molecule has 0 aromatic heterocycles. The SMILES string of the molecule is CO[C@H]1O[C@@H]2CO[C@H](c3ccccc3)O[C@H]2[C@@H](N2N=N[C@@H]3C(=O)N(c4ccccc4)C(=O)[C@@H]32)[C@@H]1OC(C)=O. The second kappa shape index (κ2) is 9.87. The number of imide groups is 1. The van der Waals surface area contributed by atoms with Crippen LogP contribution >= 0.6 is 0 Å². The average molecular weight is 523 g/mol. The van der Waals surface area contributed by atoms with E-state index in [0.29, 0.717) is 5.69 Å². The Morgan fingerprint density at radius 2 is 1.71 bits per heavy atom. The Bertz CT molecular complexity index is 1240. The summed E-state index contributed by atoms with van der Waals surface area (Å²) in [7, 11) is 1.42. The summed E-state index contributed by atoms with van der Waals surface area (Å²) in [4.78, 5) is 40.2. The molecule has 0 saturated carbocycles. The van der Waals surface area contributed by atoms with Gasteiger partial charge in [0.25, 0.3) is 11.8 Å². The number of rotatable bonds is 5. The van der Waals surface area contributed by atoms with Crippen molar-refractivity contribution in [2.45, 2.75) is 55.9 Å². The number of amides is 2. The van der Waals surface area contributed by atoms with Crippen LogP contribution in [0.2, 0.25) is 0 Å². The van der Waals surface area contributed by atoms with E-state index in [1.165, 1.54) is 19.0 Å². The summed E-state index contributed by atoms with van der Waals surface area (Å²) in [5.74, 6) is -1.55. The number of hydrogen-bond donors (Lipinski definition) is 0. The molecule has 4 aliphatic heterocycles. The molecule has 8 atom stereocenters. The van der Waals surface area contributed by atoms with Crippen LogP contribution in [0.15, 0.2) is 71.0 Å². The summed E-state index contributed by atoms with van der Waals surface area (Å²) in [6.45, 7) is 1.42. The van der Waals surface area contributed by atoms with E-state index < -0.39 is 66.8 Å². The number of carbonyl (C=O) groups excluding carboxylic acids is 3. The summed E-state index contributed by atoms with van der Waals surface area (Å²) in [6, 6.07) is 15.0. The average Bonchev–Trinajstić information content (AvgIpc) is 3.47. The van der Waals surface area contributed by atoms with E-state index in [0.717, 1.165) is 10.5 Å². The van der Waals surface area contributed by atoms with Crippen LogP contribution in [0, 0.1) is 0 Å². The number of nitrogens with zero attached hydrogens (tertiary/aromatic N) is 4. The third-order valence-corrected chi connectivity index (χ3v) is 7.05. The van der Waals surface area contributed by atoms with Crippen LogP contribution in [0.25, 0.3) is 0 Å². The molecule has 4 aliphatic rings. The van der Waals surface area contributed by atoms with Gasteiger partial charge in [0.2, 0.25) is 0 Å². The van der Waals surface area contributed by atoms with Crippen LogP contribution in [0.5, 0.6) is 0 Å². The first kappa shape index (κ1) is 24.6. The van der Waals surface area contributed by atoms with Gasteiger partial charge in [0, 0.05) is 19.6 Å². The lowest BCUT2D eigenvalue weighted by Gasteiger charge is -2.50. The first-order chi connectivity index (χ1) is 18.5. The van der Waals surface area contributed by atoms with Crippen molar-refractivity contribution < 1.29 is 38.1 Å². The maximum atomic E-state index is 13.7. The molecule has 0 unspecified atom stereocenters. The van der Waals surface area contributed by atoms with Crippen molar-refractivity contribution in [3.05, 3.63) is 66.2 Å². The standard InChI is InChI=1S/C26H26N4O8/c1-14(31)36-22-20(21-17(37-26(22)34-2)13-35-25(38-21)15-9-5-3-6-10-15)30-19-18(27-28-30)23(32)29(24(19)33)16-11-7-4-8-12-16/h3-12,17-22,25-26H,13H2,1-2H3/t17-,18+,19-,20-,21-,22+,25+,26+/m1/s1. The van der Waals surface area contributed by atoms with Gasteiger partial charge in [-0.2, -0.15) is 5.11 Å². The third-order valence-electron chi connectivity index (χ3n) is 7.05. The minimum atomic E-state index is -1.05. The van der Waals surface area contributed by atoms with Gasteiger partial charge < -0.3 is 23.7 Å². The maximum Gasteiger partial charge on any atom is 0.303 e. The normalized spacial score (nSPS) is 34.3. The smallest absolute Gasteiger partial charge is 0.303 e. The Kier molecular flexibility index (Phi) is 6.40. The molecule has 3 fully saturated rings. The first-order valence-corrected chi connectivity index (χ1v) is 12.3. The third kappa shape index (κ3) is 4.06. The van der Waals surface area contributed by atoms with E-state index in [4.69, 9.17) is 23.7 Å². The van der Waals surface area contributed by atoms with E-state index in [2.05, 4.69) is 10.3 Å². The highest BCUT2D eigenvalue weighted by Crippen LogP contribution is 2.41. The number of benzene rings is 2. The van der Waals surface area contributed by atoms with Crippen LogP contribution in [0.3, 0.4) is 0 Å². The van der Waals surface area contributed by atoms with Crippen LogP contribution in [0.1, 0.15) is 18.8 Å². The molecule has 0 bridgehead atoms. The fourth-order valence-electron chi connectivity index (χ4n) is 5.42. The Morgan fingerprint density at radius 1 is 1.00 bits per heavy atom. The molecular formula is C26H26N4O8. The van der Waals surface area contributed by atoms with Gasteiger partial charge in [-0.05, 0) is 12.1 Å². The number of fused-ring (bicyclic) bond motifs is 2. The zero-order chi connectivity index (χ0) is 26.4.